The van der Waals surface area contributed by atoms with E-state index >= 15 is 0 Å². The molecule has 1 N–H and O–H groups in total. The Bertz CT molecular complexity index is 1030. The number of aromatic nitrogens is 3. The fourth-order valence-corrected chi connectivity index (χ4v) is 2.41. The minimum Gasteiger partial charge on any atom is -0.409 e. The van der Waals surface area contributed by atoms with E-state index in [0.29, 0.717) is 20.6 Å². The lowest BCUT2D eigenvalue weighted by molar-refractivity contribution is -0.391. The molecule has 0 unspecified atom stereocenters. The van der Waals surface area contributed by atoms with Crippen molar-refractivity contribution in [2.45, 2.75) is 0 Å². The Morgan fingerprint density at radius 3 is 2.36 bits per heavy atom. The summed E-state index contributed by atoms with van der Waals surface area (Å²) in [7, 11) is 0. The average molecular weight is 401 g/mol. The van der Waals surface area contributed by atoms with E-state index in [0.717, 1.165) is 4.80 Å². The van der Waals surface area contributed by atoms with Gasteiger partial charge in [0.2, 0.25) is 0 Å². The summed E-state index contributed by atoms with van der Waals surface area (Å²) in [6.07, 6.45) is 0. The zero-order chi connectivity index (χ0) is 18.1. The third kappa shape index (κ3) is 3.46. The van der Waals surface area contributed by atoms with E-state index in [-0.39, 0.29) is 16.2 Å². The van der Waals surface area contributed by atoms with E-state index in [1.807, 2.05) is 0 Å². The summed E-state index contributed by atoms with van der Waals surface area (Å²) in [6.45, 7) is 0. The molecule has 0 radical (unpaired) electrons. The van der Waals surface area contributed by atoms with Crippen LogP contribution in [0.4, 0.5) is 11.5 Å². The number of nitrogens with zero attached hydrogens (tertiary/aromatic N) is 5. The van der Waals surface area contributed by atoms with Gasteiger partial charge in [-0.3, -0.25) is 0 Å². The molecule has 2 aromatic carbocycles. The predicted octanol–water partition coefficient (Wildman–Crippen LogP) is 4.01. The summed E-state index contributed by atoms with van der Waals surface area (Å²) in [5.41, 5.74) is 0.236. The molecule has 0 aliphatic rings. The highest BCUT2D eigenvalue weighted by Crippen LogP contribution is 2.26. The second kappa shape index (κ2) is 6.75. The second-order valence-corrected chi connectivity index (χ2v) is 6.02. The molecule has 0 bridgehead atoms. The van der Waals surface area contributed by atoms with Gasteiger partial charge in [0.25, 0.3) is 5.49 Å². The van der Waals surface area contributed by atoms with E-state index in [1.54, 1.807) is 12.1 Å². The average Bonchev–Trinajstić information content (AvgIpc) is 2.89. The Labute approximate surface area is 155 Å². The summed E-state index contributed by atoms with van der Waals surface area (Å²) in [4.78, 5) is 15.9. The van der Waals surface area contributed by atoms with Crippen molar-refractivity contribution in [3.05, 3.63) is 73.1 Å². The molecule has 0 fully saturated rings. The first kappa shape index (κ1) is 17.3. The van der Waals surface area contributed by atoms with Crippen LogP contribution >= 0.6 is 34.8 Å². The maximum Gasteiger partial charge on any atom is 0.438 e. The maximum atomic E-state index is 11.3. The molecule has 0 amide bonds. The molecule has 0 atom stereocenters. The zero-order valence-corrected chi connectivity index (χ0v) is 14.4. The minimum absolute atomic E-state index is 0.222. The van der Waals surface area contributed by atoms with Crippen LogP contribution in [-0.4, -0.2) is 24.9 Å². The molecule has 1 heterocycles. The molecule has 11 heteroatoms. The third-order valence-electron chi connectivity index (χ3n) is 3.13. The molecule has 8 nitrogen and oxygen atoms in total. The summed E-state index contributed by atoms with van der Waals surface area (Å²) in [6, 6.07) is 10.6. The largest absolute Gasteiger partial charge is 0.438 e. The van der Waals surface area contributed by atoms with Crippen molar-refractivity contribution in [1.29, 1.82) is 0 Å². The molecule has 128 valence electrons. The Kier molecular flexibility index (Phi) is 4.67. The van der Waals surface area contributed by atoms with Gasteiger partial charge in [-0.2, -0.15) is 0 Å². The minimum atomic E-state index is -0.754. The Balaban J connectivity index is 2.21. The van der Waals surface area contributed by atoms with Crippen molar-refractivity contribution in [2.75, 3.05) is 0 Å². The number of hydrogen-bond acceptors (Lipinski definition) is 5. The van der Waals surface area contributed by atoms with Crippen LogP contribution in [0.1, 0.15) is 0 Å². The van der Waals surface area contributed by atoms with Gasteiger partial charge in [-0.15, -0.1) is 0 Å². The lowest BCUT2D eigenvalue weighted by Gasteiger charge is -2.00. The van der Waals surface area contributed by atoms with Crippen LogP contribution in [0.25, 0.3) is 5.69 Å². The number of nitro groups is 1. The lowest BCUT2D eigenvalue weighted by Crippen LogP contribution is -2.22. The maximum absolute atomic E-state index is 11.3. The highest BCUT2D eigenvalue weighted by Gasteiger charge is 2.24. The fourth-order valence-electron chi connectivity index (χ4n) is 1.99. The van der Waals surface area contributed by atoms with Crippen LogP contribution in [0.2, 0.25) is 15.1 Å². The van der Waals surface area contributed by atoms with Crippen molar-refractivity contribution < 1.29 is 10.1 Å². The van der Waals surface area contributed by atoms with Crippen LogP contribution in [-0.2, 0) is 0 Å². The SMILES string of the molecule is O=[N+]([O-])c1nn(-c2ccc(Cl)cc2)n(O)c1=Nc1ccc(Cl)c(Cl)c1. The highest BCUT2D eigenvalue weighted by molar-refractivity contribution is 6.42. The summed E-state index contributed by atoms with van der Waals surface area (Å²) in [5, 5.41) is 26.3. The Morgan fingerprint density at radius 1 is 1.08 bits per heavy atom. The van der Waals surface area contributed by atoms with Gasteiger partial charge in [-0.05, 0) is 52.2 Å². The topological polar surface area (TPSA) is 98.5 Å². The van der Waals surface area contributed by atoms with Gasteiger partial charge in [0, 0.05) is 5.02 Å². The number of rotatable bonds is 3. The van der Waals surface area contributed by atoms with Gasteiger partial charge >= 0.3 is 5.82 Å². The molecule has 25 heavy (non-hydrogen) atoms. The fraction of sp³-hybridized carbons (Fsp3) is 0. The van der Waals surface area contributed by atoms with Gasteiger partial charge in [-0.1, -0.05) is 39.6 Å². The van der Waals surface area contributed by atoms with E-state index < -0.39 is 10.7 Å². The quantitative estimate of drug-likeness (QED) is 0.408. The first-order valence-corrected chi connectivity index (χ1v) is 7.82. The Morgan fingerprint density at radius 2 is 1.76 bits per heavy atom. The van der Waals surface area contributed by atoms with E-state index in [1.165, 1.54) is 30.3 Å². The molecule has 3 aromatic rings. The molecule has 0 saturated heterocycles. The molecular formula is C14H8Cl3N5O3. The second-order valence-electron chi connectivity index (χ2n) is 4.77. The van der Waals surface area contributed by atoms with E-state index in [2.05, 4.69) is 10.1 Å². The molecule has 0 aliphatic heterocycles. The monoisotopic (exact) mass is 399 g/mol. The van der Waals surface area contributed by atoms with Crippen molar-refractivity contribution in [1.82, 2.24) is 14.7 Å². The number of halogens is 3. The number of hydrogen-bond donors (Lipinski definition) is 1. The molecule has 0 saturated carbocycles. The van der Waals surface area contributed by atoms with E-state index in [9.17, 15) is 15.3 Å². The van der Waals surface area contributed by atoms with Crippen molar-refractivity contribution >= 4 is 46.3 Å². The third-order valence-corrected chi connectivity index (χ3v) is 4.12. The first-order valence-electron chi connectivity index (χ1n) is 6.68. The van der Waals surface area contributed by atoms with Gasteiger partial charge in [0.05, 0.1) is 20.8 Å². The van der Waals surface area contributed by atoms with Crippen LogP contribution in [0.3, 0.4) is 0 Å². The number of benzene rings is 2. The summed E-state index contributed by atoms with van der Waals surface area (Å²) in [5.74, 6) is -0.636. The normalized spacial score (nSPS) is 11.7. The summed E-state index contributed by atoms with van der Waals surface area (Å²) < 4.78 is 0. The predicted molar refractivity (Wildman–Crippen MR) is 92.1 cm³/mol. The van der Waals surface area contributed by atoms with E-state index in [4.69, 9.17) is 34.8 Å². The standard InChI is InChI=1S/C14H8Cl3N5O3/c15-8-1-4-10(5-2-8)20-19-14(22(24)25)13(21(20)23)18-9-3-6-11(16)12(17)7-9/h1-7,23H. The smallest absolute Gasteiger partial charge is 0.409 e. The summed E-state index contributed by atoms with van der Waals surface area (Å²) >= 11 is 17.6. The Hall–Kier alpha value is -2.55. The van der Waals surface area contributed by atoms with Crippen molar-refractivity contribution in [3.8, 4) is 5.69 Å². The van der Waals surface area contributed by atoms with Crippen LogP contribution in [0.15, 0.2) is 47.5 Å². The van der Waals surface area contributed by atoms with Gasteiger partial charge in [0.15, 0.2) is 0 Å². The van der Waals surface area contributed by atoms with Crippen LogP contribution < -0.4 is 5.49 Å². The lowest BCUT2D eigenvalue weighted by atomic mass is 10.3. The van der Waals surface area contributed by atoms with Crippen LogP contribution in [0.5, 0.6) is 0 Å². The van der Waals surface area contributed by atoms with Crippen LogP contribution in [0, 0.1) is 10.1 Å². The van der Waals surface area contributed by atoms with Gasteiger partial charge in [-0.25, -0.2) is 4.99 Å². The first-order chi connectivity index (χ1) is 11.9. The molecule has 1 aromatic heterocycles. The highest BCUT2D eigenvalue weighted by atomic mass is 35.5. The molecular weight excluding hydrogens is 393 g/mol. The van der Waals surface area contributed by atoms with Gasteiger partial charge < -0.3 is 15.3 Å². The molecule has 3 rings (SSSR count). The zero-order valence-electron chi connectivity index (χ0n) is 12.2. The van der Waals surface area contributed by atoms with Gasteiger partial charge in [0.1, 0.15) is 5.69 Å². The van der Waals surface area contributed by atoms with Crippen molar-refractivity contribution in [3.63, 3.8) is 0 Å². The molecule has 0 spiro atoms. The van der Waals surface area contributed by atoms with Crippen molar-refractivity contribution in [2.24, 2.45) is 4.99 Å². The molecule has 0 aliphatic carbocycles.